The van der Waals surface area contributed by atoms with E-state index in [1.165, 1.54) is 6.92 Å². The minimum atomic E-state index is -2.12. The van der Waals surface area contributed by atoms with Gasteiger partial charge in [0.05, 0.1) is 5.41 Å². The molecule has 0 heterocycles. The van der Waals surface area contributed by atoms with E-state index >= 15 is 8.78 Å². The van der Waals surface area contributed by atoms with Crippen LogP contribution < -0.4 is 0 Å². The summed E-state index contributed by atoms with van der Waals surface area (Å²) in [6.45, 7) is 10.4. The zero-order valence-electron chi connectivity index (χ0n) is 22.3. The van der Waals surface area contributed by atoms with E-state index in [4.69, 9.17) is 9.47 Å². The SMILES string of the molecule is CCC(OC(=O)O[C@]1(C(=O)O)[C@H](C)C[C@H]2[C@@H]3C[C@H](F)C4=CC(=O)C=C(O)[C@]4(C)[C@@]3(F)CC[C@@]21C)C(C)C. The van der Waals surface area contributed by atoms with Crippen molar-refractivity contribution < 1.29 is 42.9 Å². The fourth-order valence-electron chi connectivity index (χ4n) is 8.20. The molecule has 0 radical (unpaired) electrons. The van der Waals surface area contributed by atoms with Crippen LogP contribution in [0.4, 0.5) is 13.6 Å². The number of carboxylic acids is 1. The van der Waals surface area contributed by atoms with E-state index in [-0.39, 0.29) is 37.2 Å². The molecule has 3 fully saturated rings. The van der Waals surface area contributed by atoms with Crippen LogP contribution in [0.2, 0.25) is 0 Å². The number of carbonyl (C=O) groups excluding carboxylic acids is 2. The summed E-state index contributed by atoms with van der Waals surface area (Å²) in [6, 6.07) is 0. The van der Waals surface area contributed by atoms with Crippen molar-refractivity contribution in [2.75, 3.05) is 0 Å². The Balaban J connectivity index is 1.75. The highest BCUT2D eigenvalue weighted by molar-refractivity contribution is 6.02. The maximum atomic E-state index is 17.2. The number of carboxylic acid groups (broad SMARTS) is 1. The number of aliphatic hydroxyl groups is 1. The molecule has 0 aromatic rings. The average molecular weight is 525 g/mol. The van der Waals surface area contributed by atoms with Crippen LogP contribution in [-0.2, 0) is 19.1 Å². The number of ether oxygens (including phenoxy) is 2. The van der Waals surface area contributed by atoms with Gasteiger partial charge < -0.3 is 19.7 Å². The minimum Gasteiger partial charge on any atom is -0.511 e. The molecular formula is C28H38F2O7. The van der Waals surface area contributed by atoms with Gasteiger partial charge in [-0.2, -0.15) is 0 Å². The highest BCUT2D eigenvalue weighted by Gasteiger charge is 2.77. The van der Waals surface area contributed by atoms with Crippen molar-refractivity contribution in [3.8, 4) is 0 Å². The molecular weight excluding hydrogens is 486 g/mol. The first-order valence-corrected chi connectivity index (χ1v) is 13.2. The van der Waals surface area contributed by atoms with Gasteiger partial charge >= 0.3 is 12.1 Å². The Morgan fingerprint density at radius 3 is 2.38 bits per heavy atom. The van der Waals surface area contributed by atoms with Gasteiger partial charge in [-0.05, 0) is 62.5 Å². The van der Waals surface area contributed by atoms with Crippen molar-refractivity contribution in [2.24, 2.45) is 34.5 Å². The van der Waals surface area contributed by atoms with E-state index < -0.39 is 75.8 Å². The molecule has 4 aliphatic rings. The maximum absolute atomic E-state index is 17.2. The van der Waals surface area contributed by atoms with E-state index in [0.717, 1.165) is 12.2 Å². The minimum absolute atomic E-state index is 0.000623. The summed E-state index contributed by atoms with van der Waals surface area (Å²) in [5.41, 5.74) is -7.14. The number of aliphatic hydroxyl groups excluding tert-OH is 1. The molecule has 2 N–H and O–H groups in total. The summed E-state index contributed by atoms with van der Waals surface area (Å²) >= 11 is 0. The second-order valence-electron chi connectivity index (χ2n) is 12.2. The average Bonchev–Trinajstić information content (AvgIpc) is 3.03. The van der Waals surface area contributed by atoms with Crippen LogP contribution in [0.1, 0.15) is 73.6 Å². The fraction of sp³-hybridized carbons (Fsp3) is 0.750. The molecule has 1 unspecified atom stereocenters. The highest BCUT2D eigenvalue weighted by Crippen LogP contribution is 2.72. The zero-order chi connectivity index (χ0) is 27.7. The molecule has 4 aliphatic carbocycles. The van der Waals surface area contributed by atoms with Gasteiger partial charge in [0.1, 0.15) is 23.7 Å². The van der Waals surface area contributed by atoms with Crippen LogP contribution in [-0.4, -0.2) is 51.7 Å². The van der Waals surface area contributed by atoms with E-state index in [9.17, 15) is 24.6 Å². The van der Waals surface area contributed by atoms with Gasteiger partial charge in [-0.15, -0.1) is 0 Å². The molecule has 0 saturated heterocycles. The number of hydrogen-bond donors (Lipinski definition) is 2. The molecule has 0 spiro atoms. The summed E-state index contributed by atoms with van der Waals surface area (Å²) in [4.78, 5) is 37.9. The number of carbonyl (C=O) groups is 3. The van der Waals surface area contributed by atoms with Crippen LogP contribution >= 0.6 is 0 Å². The Hall–Kier alpha value is -2.45. The molecule has 9 atom stereocenters. The third-order valence-electron chi connectivity index (χ3n) is 10.3. The lowest BCUT2D eigenvalue weighted by atomic mass is 9.45. The molecule has 7 nitrogen and oxygen atoms in total. The Labute approximate surface area is 216 Å². The summed E-state index contributed by atoms with van der Waals surface area (Å²) in [7, 11) is 0. The van der Waals surface area contributed by atoms with Crippen molar-refractivity contribution in [3.05, 3.63) is 23.5 Å². The Kier molecular flexibility index (Phi) is 6.56. The van der Waals surface area contributed by atoms with Gasteiger partial charge in [-0.1, -0.05) is 34.6 Å². The molecule has 0 bridgehead atoms. The summed E-state index contributed by atoms with van der Waals surface area (Å²) < 4.78 is 44.1. The third kappa shape index (κ3) is 3.51. The lowest BCUT2D eigenvalue weighted by Gasteiger charge is -2.61. The lowest BCUT2D eigenvalue weighted by Crippen LogP contribution is -2.66. The van der Waals surface area contributed by atoms with E-state index in [0.29, 0.717) is 6.42 Å². The molecule has 3 saturated carbocycles. The number of rotatable bonds is 5. The quantitative estimate of drug-likeness (QED) is 0.432. The topological polar surface area (TPSA) is 110 Å². The predicted molar refractivity (Wildman–Crippen MR) is 130 cm³/mol. The third-order valence-corrected chi connectivity index (χ3v) is 10.3. The molecule has 9 heteroatoms. The number of aliphatic carboxylic acids is 1. The number of ketones is 1. The van der Waals surface area contributed by atoms with Crippen molar-refractivity contribution in [3.63, 3.8) is 0 Å². The Morgan fingerprint density at radius 2 is 1.81 bits per heavy atom. The van der Waals surface area contributed by atoms with Crippen LogP contribution in [0.3, 0.4) is 0 Å². The first-order valence-electron chi connectivity index (χ1n) is 13.2. The number of alkyl halides is 2. The number of allylic oxidation sites excluding steroid dienone is 3. The number of hydrogen-bond acceptors (Lipinski definition) is 6. The number of halogens is 2. The number of fused-ring (bicyclic) bond motifs is 5. The van der Waals surface area contributed by atoms with Crippen molar-refractivity contribution in [2.45, 2.75) is 97.2 Å². The van der Waals surface area contributed by atoms with Gasteiger partial charge in [0, 0.05) is 23.3 Å². The van der Waals surface area contributed by atoms with Crippen molar-refractivity contribution >= 4 is 17.9 Å². The fourth-order valence-corrected chi connectivity index (χ4v) is 8.20. The summed E-state index contributed by atoms with van der Waals surface area (Å²) in [6.07, 6.45) is -0.906. The maximum Gasteiger partial charge on any atom is 0.509 e. The first-order chi connectivity index (χ1) is 17.1. The summed E-state index contributed by atoms with van der Waals surface area (Å²) in [5, 5.41) is 21.3. The second-order valence-corrected chi connectivity index (χ2v) is 12.2. The largest absolute Gasteiger partial charge is 0.511 e. The van der Waals surface area contributed by atoms with Gasteiger partial charge in [0.25, 0.3) is 0 Å². The molecule has 0 amide bonds. The van der Waals surface area contributed by atoms with Crippen LogP contribution in [0, 0.1) is 34.5 Å². The van der Waals surface area contributed by atoms with Gasteiger partial charge in [0.2, 0.25) is 5.60 Å². The smallest absolute Gasteiger partial charge is 0.509 e. The molecule has 4 rings (SSSR count). The first kappa shape index (κ1) is 27.6. The second kappa shape index (κ2) is 8.80. The van der Waals surface area contributed by atoms with Crippen LogP contribution in [0.5, 0.6) is 0 Å². The molecule has 206 valence electrons. The standard InChI is InChI=1S/C28H38F2O7/c1-7-21(14(2)3)36-24(35)37-28(23(33)34)15(4)10-17-18-13-20(29)19-11-16(31)12-22(32)26(19,6)27(18,30)9-8-25(17,28)5/h11-12,14-15,17-18,20-21,32H,7-10,13H2,1-6H3,(H,33,34)/t15-,17+,18+,20+,21?,25+,26-,27-,28+/m1/s1. The van der Waals surface area contributed by atoms with Crippen molar-refractivity contribution in [1.29, 1.82) is 0 Å². The Bertz CT molecular complexity index is 1070. The van der Waals surface area contributed by atoms with Crippen molar-refractivity contribution in [1.82, 2.24) is 0 Å². The van der Waals surface area contributed by atoms with Gasteiger partial charge in [0.15, 0.2) is 5.78 Å². The predicted octanol–water partition coefficient (Wildman–Crippen LogP) is 5.88. The summed E-state index contributed by atoms with van der Waals surface area (Å²) in [5.74, 6) is -4.75. The highest BCUT2D eigenvalue weighted by atomic mass is 19.1. The Morgan fingerprint density at radius 1 is 1.16 bits per heavy atom. The van der Waals surface area contributed by atoms with Crippen LogP contribution in [0.15, 0.2) is 23.5 Å². The van der Waals surface area contributed by atoms with Gasteiger partial charge in [-0.3, -0.25) is 4.79 Å². The lowest BCUT2D eigenvalue weighted by molar-refractivity contribution is -0.206. The molecule has 37 heavy (non-hydrogen) atoms. The van der Waals surface area contributed by atoms with E-state index in [1.54, 1.807) is 13.8 Å². The van der Waals surface area contributed by atoms with Gasteiger partial charge in [-0.25, -0.2) is 18.4 Å². The van der Waals surface area contributed by atoms with Crippen LogP contribution in [0.25, 0.3) is 0 Å². The zero-order valence-corrected chi connectivity index (χ0v) is 22.3. The van der Waals surface area contributed by atoms with E-state index in [1.807, 2.05) is 20.8 Å². The molecule has 0 aromatic heterocycles. The van der Waals surface area contributed by atoms with E-state index in [2.05, 4.69) is 0 Å². The molecule has 0 aliphatic heterocycles. The molecule has 0 aromatic carbocycles. The normalized spacial score (nSPS) is 43.6. The monoisotopic (exact) mass is 524 g/mol.